The Morgan fingerprint density at radius 3 is 2.75 bits per heavy atom. The first-order valence-electron chi connectivity index (χ1n) is 2.37. The maximum atomic E-state index is 3.02. The third-order valence-corrected chi connectivity index (χ3v) is 1.61. The van der Waals surface area contributed by atoms with Gasteiger partial charge in [0.15, 0.2) is 0 Å². The second kappa shape index (κ2) is 5.30. The van der Waals surface area contributed by atoms with E-state index < -0.39 is 0 Å². The average Bonchev–Trinajstić information content (AvgIpc) is 2.14. The van der Waals surface area contributed by atoms with Crippen molar-refractivity contribution in [1.82, 2.24) is 0 Å². The van der Waals surface area contributed by atoms with E-state index >= 15 is 0 Å². The quantitative estimate of drug-likeness (QED) is 0.512. The van der Waals surface area contributed by atoms with Crippen molar-refractivity contribution >= 4 is 11.3 Å². The molecule has 8 heavy (non-hydrogen) atoms. The SMILES string of the molecule is CCc1c[c-]sc1.[Rb+]. The number of aryl methyl sites for hydroxylation is 1. The molecule has 0 fully saturated rings. The Labute approximate surface area is 103 Å². The summed E-state index contributed by atoms with van der Waals surface area (Å²) in [7, 11) is 0. The second-order valence-corrected chi connectivity index (χ2v) is 2.13. The summed E-state index contributed by atoms with van der Waals surface area (Å²) in [4.78, 5) is 0. The van der Waals surface area contributed by atoms with Crippen LogP contribution in [-0.2, 0) is 6.42 Å². The van der Waals surface area contributed by atoms with Gasteiger partial charge in [0.05, 0.1) is 0 Å². The van der Waals surface area contributed by atoms with Crippen molar-refractivity contribution in [3.63, 3.8) is 0 Å². The van der Waals surface area contributed by atoms with E-state index in [-0.39, 0.29) is 58.2 Å². The van der Waals surface area contributed by atoms with Crippen LogP contribution in [0.1, 0.15) is 12.5 Å². The molecule has 0 aromatic carbocycles. The first-order valence-corrected chi connectivity index (χ1v) is 3.25. The maximum absolute atomic E-state index is 3.02. The summed E-state index contributed by atoms with van der Waals surface area (Å²) >= 11 is 1.64. The average molecular weight is 197 g/mol. The fraction of sp³-hybridized carbons (Fsp3) is 0.333. The van der Waals surface area contributed by atoms with Gasteiger partial charge in [-0.15, -0.1) is 5.38 Å². The number of thiophene rings is 1. The minimum atomic E-state index is 0. The van der Waals surface area contributed by atoms with Crippen molar-refractivity contribution in [3.05, 3.63) is 22.4 Å². The number of hydrogen-bond acceptors (Lipinski definition) is 1. The molecule has 0 amide bonds. The normalized spacial score (nSPS) is 8.12. The Morgan fingerprint density at radius 2 is 2.50 bits per heavy atom. The van der Waals surface area contributed by atoms with Gasteiger partial charge in [-0.05, 0) is 0 Å². The van der Waals surface area contributed by atoms with E-state index in [0.717, 1.165) is 6.42 Å². The van der Waals surface area contributed by atoms with Gasteiger partial charge in [-0.2, -0.15) is 17.0 Å². The minimum absolute atomic E-state index is 0. The molecule has 0 spiro atoms. The molecule has 0 unspecified atom stereocenters. The molecule has 0 bridgehead atoms. The van der Waals surface area contributed by atoms with Crippen LogP contribution in [0, 0.1) is 5.38 Å². The summed E-state index contributed by atoms with van der Waals surface area (Å²) in [5.41, 5.74) is 1.39. The molecule has 0 aliphatic carbocycles. The molecular formula is C6H7RbS. The van der Waals surface area contributed by atoms with Crippen molar-refractivity contribution in [2.75, 3.05) is 0 Å². The van der Waals surface area contributed by atoms with Crippen LogP contribution in [0.5, 0.6) is 0 Å². The monoisotopic (exact) mass is 196 g/mol. The molecule has 1 aromatic heterocycles. The third-order valence-electron chi connectivity index (χ3n) is 0.931. The van der Waals surface area contributed by atoms with E-state index in [2.05, 4.69) is 17.7 Å². The second-order valence-electron chi connectivity index (χ2n) is 1.43. The van der Waals surface area contributed by atoms with Crippen LogP contribution >= 0.6 is 11.3 Å². The van der Waals surface area contributed by atoms with Crippen LogP contribution in [-0.4, -0.2) is 0 Å². The number of rotatable bonds is 1. The first-order chi connectivity index (χ1) is 3.43. The zero-order valence-electron chi connectivity index (χ0n) is 5.27. The van der Waals surface area contributed by atoms with Crippen molar-refractivity contribution < 1.29 is 58.2 Å². The summed E-state index contributed by atoms with van der Waals surface area (Å²) in [6.07, 6.45) is 1.14. The van der Waals surface area contributed by atoms with Gasteiger partial charge in [0.2, 0.25) is 0 Å². The maximum Gasteiger partial charge on any atom is 1.00 e. The van der Waals surface area contributed by atoms with Crippen LogP contribution in [0.3, 0.4) is 0 Å². The fourth-order valence-electron chi connectivity index (χ4n) is 0.439. The van der Waals surface area contributed by atoms with Gasteiger partial charge >= 0.3 is 58.2 Å². The standard InChI is InChI=1S/C6H7S.Rb/c1-2-6-3-4-7-5-6;/h3,5H,2H2,1H3;/q-1;+1. The van der Waals surface area contributed by atoms with Crippen LogP contribution in [0.25, 0.3) is 0 Å². The smallest absolute Gasteiger partial charge is 0.304 e. The van der Waals surface area contributed by atoms with E-state index in [4.69, 9.17) is 0 Å². The van der Waals surface area contributed by atoms with Gasteiger partial charge in [-0.1, -0.05) is 13.3 Å². The molecule has 1 heterocycles. The zero-order chi connectivity index (χ0) is 5.11. The van der Waals surface area contributed by atoms with Crippen LogP contribution in [0.4, 0.5) is 0 Å². The van der Waals surface area contributed by atoms with Crippen molar-refractivity contribution in [2.24, 2.45) is 0 Å². The van der Waals surface area contributed by atoms with Crippen molar-refractivity contribution in [3.8, 4) is 0 Å². The Balaban J connectivity index is 0.000000490. The molecule has 0 aliphatic heterocycles. The summed E-state index contributed by atoms with van der Waals surface area (Å²) in [6, 6.07) is 2.03. The van der Waals surface area contributed by atoms with Crippen LogP contribution in [0.2, 0.25) is 0 Å². The van der Waals surface area contributed by atoms with Gasteiger partial charge in [0.25, 0.3) is 0 Å². The molecule has 0 saturated carbocycles. The fourth-order valence-corrected chi connectivity index (χ4v) is 1.11. The van der Waals surface area contributed by atoms with Crippen molar-refractivity contribution in [1.29, 1.82) is 0 Å². The van der Waals surface area contributed by atoms with E-state index in [9.17, 15) is 0 Å². The van der Waals surface area contributed by atoms with Gasteiger partial charge < -0.3 is 11.3 Å². The summed E-state index contributed by atoms with van der Waals surface area (Å²) in [6.45, 7) is 2.15. The minimum Gasteiger partial charge on any atom is -0.304 e. The summed E-state index contributed by atoms with van der Waals surface area (Å²) in [5, 5.41) is 5.15. The van der Waals surface area contributed by atoms with Gasteiger partial charge in [-0.25, -0.2) is 0 Å². The molecule has 38 valence electrons. The first kappa shape index (κ1) is 9.51. The van der Waals surface area contributed by atoms with Gasteiger partial charge in [0.1, 0.15) is 0 Å². The van der Waals surface area contributed by atoms with Gasteiger partial charge in [-0.3, -0.25) is 0 Å². The summed E-state index contributed by atoms with van der Waals surface area (Å²) < 4.78 is 0. The summed E-state index contributed by atoms with van der Waals surface area (Å²) in [5.74, 6) is 0. The molecule has 0 saturated heterocycles. The van der Waals surface area contributed by atoms with Crippen molar-refractivity contribution in [2.45, 2.75) is 13.3 Å². The molecular weight excluding hydrogens is 190 g/mol. The molecule has 0 N–H and O–H groups in total. The Hall–Kier alpha value is 1.51. The Morgan fingerprint density at radius 1 is 1.75 bits per heavy atom. The molecule has 1 rings (SSSR count). The molecule has 0 aliphatic rings. The molecule has 0 atom stereocenters. The van der Waals surface area contributed by atoms with Crippen LogP contribution < -0.4 is 58.2 Å². The predicted molar refractivity (Wildman–Crippen MR) is 32.5 cm³/mol. The van der Waals surface area contributed by atoms with E-state index in [1.165, 1.54) is 5.56 Å². The molecule has 1 aromatic rings. The predicted octanol–water partition coefficient (Wildman–Crippen LogP) is -0.885. The van der Waals surface area contributed by atoms with Crippen LogP contribution in [0.15, 0.2) is 11.4 Å². The topological polar surface area (TPSA) is 0 Å². The van der Waals surface area contributed by atoms with E-state index in [1.807, 2.05) is 6.07 Å². The Kier molecular flexibility index (Phi) is 6.30. The Bertz CT molecular complexity index is 123. The van der Waals surface area contributed by atoms with E-state index in [0.29, 0.717) is 0 Å². The molecule has 2 heteroatoms. The molecule has 0 nitrogen and oxygen atoms in total. The largest absolute Gasteiger partial charge is 1.00 e. The molecule has 0 radical (unpaired) electrons. The number of hydrogen-bond donors (Lipinski definition) is 0. The van der Waals surface area contributed by atoms with Gasteiger partial charge in [0, 0.05) is 0 Å². The van der Waals surface area contributed by atoms with E-state index in [1.54, 1.807) is 11.3 Å². The zero-order valence-corrected chi connectivity index (χ0v) is 11.0. The third kappa shape index (κ3) is 2.88.